The standard InChI is InChI=1S/C24H21ClN6O2/c25-19-5-1-6-20(14-19)33-23-22(26-10-11-27-23)18-4-2-12-30(16-18)24(32)17-7-8-21(28-15-17)31-13-3-9-29-31/h1,3,5-11,13-15,18H,2,4,12,16H2/t18-/m1/s1. The number of nitrogens with zero attached hydrogens (tertiary/aromatic N) is 6. The molecule has 33 heavy (non-hydrogen) atoms. The van der Waals surface area contributed by atoms with Crippen molar-refractivity contribution in [3.63, 3.8) is 0 Å². The average Bonchev–Trinajstić information content (AvgIpc) is 3.39. The van der Waals surface area contributed by atoms with Crippen molar-refractivity contribution in [2.45, 2.75) is 18.8 Å². The Morgan fingerprint density at radius 1 is 1.06 bits per heavy atom. The van der Waals surface area contributed by atoms with Gasteiger partial charge in [-0.2, -0.15) is 5.10 Å². The summed E-state index contributed by atoms with van der Waals surface area (Å²) < 4.78 is 7.65. The lowest BCUT2D eigenvalue weighted by atomic mass is 9.94. The van der Waals surface area contributed by atoms with Gasteiger partial charge in [-0.15, -0.1) is 0 Å². The second-order valence-electron chi connectivity index (χ2n) is 7.75. The number of pyridine rings is 1. The van der Waals surface area contributed by atoms with E-state index >= 15 is 0 Å². The monoisotopic (exact) mass is 460 g/mol. The minimum absolute atomic E-state index is 0.0156. The van der Waals surface area contributed by atoms with E-state index in [2.05, 4.69) is 20.1 Å². The van der Waals surface area contributed by atoms with Crippen molar-refractivity contribution in [1.29, 1.82) is 0 Å². The number of aromatic nitrogens is 5. The number of carbonyl (C=O) groups is 1. The van der Waals surface area contributed by atoms with Crippen LogP contribution in [0.1, 0.15) is 34.8 Å². The second kappa shape index (κ2) is 9.38. The molecular weight excluding hydrogens is 440 g/mol. The van der Waals surface area contributed by atoms with Crippen molar-refractivity contribution in [3.05, 3.63) is 89.7 Å². The summed E-state index contributed by atoms with van der Waals surface area (Å²) in [6.45, 7) is 1.21. The number of halogens is 1. The molecule has 4 aromatic rings. The summed E-state index contributed by atoms with van der Waals surface area (Å²) in [4.78, 5) is 28.3. The zero-order valence-corrected chi connectivity index (χ0v) is 18.5. The molecular formula is C24H21ClN6O2. The number of hydrogen-bond donors (Lipinski definition) is 0. The van der Waals surface area contributed by atoms with Gasteiger partial charge in [-0.1, -0.05) is 17.7 Å². The number of likely N-dealkylation sites (tertiary alicyclic amines) is 1. The molecule has 0 radical (unpaired) electrons. The van der Waals surface area contributed by atoms with Crippen molar-refractivity contribution in [2.75, 3.05) is 13.1 Å². The molecule has 1 saturated heterocycles. The van der Waals surface area contributed by atoms with Crippen molar-refractivity contribution in [1.82, 2.24) is 29.6 Å². The summed E-state index contributed by atoms with van der Waals surface area (Å²) in [5.41, 5.74) is 1.28. The van der Waals surface area contributed by atoms with Gasteiger partial charge < -0.3 is 9.64 Å². The van der Waals surface area contributed by atoms with E-state index in [-0.39, 0.29) is 11.8 Å². The van der Waals surface area contributed by atoms with E-state index in [1.54, 1.807) is 53.7 Å². The van der Waals surface area contributed by atoms with Gasteiger partial charge in [0.15, 0.2) is 5.82 Å². The highest BCUT2D eigenvalue weighted by atomic mass is 35.5. The highest BCUT2D eigenvalue weighted by molar-refractivity contribution is 6.30. The molecule has 1 atom stereocenters. The van der Waals surface area contributed by atoms with Crippen molar-refractivity contribution < 1.29 is 9.53 Å². The first-order chi connectivity index (χ1) is 16.2. The number of hydrogen-bond acceptors (Lipinski definition) is 6. The molecule has 0 saturated carbocycles. The molecule has 166 valence electrons. The molecule has 0 bridgehead atoms. The fourth-order valence-corrected chi connectivity index (χ4v) is 4.14. The Labute approximate surface area is 195 Å². The predicted octanol–water partition coefficient (Wildman–Crippen LogP) is 4.52. The van der Waals surface area contributed by atoms with E-state index in [0.29, 0.717) is 41.1 Å². The van der Waals surface area contributed by atoms with Crippen LogP contribution in [0.3, 0.4) is 0 Å². The minimum atomic E-state index is -0.0552. The average molecular weight is 461 g/mol. The van der Waals surface area contributed by atoms with Crippen LogP contribution < -0.4 is 4.74 Å². The topological polar surface area (TPSA) is 86.0 Å². The Bertz CT molecular complexity index is 1250. The van der Waals surface area contributed by atoms with Gasteiger partial charge in [0.1, 0.15) is 11.4 Å². The van der Waals surface area contributed by atoms with E-state index in [1.165, 1.54) is 0 Å². The van der Waals surface area contributed by atoms with Crippen LogP contribution in [-0.4, -0.2) is 48.6 Å². The van der Waals surface area contributed by atoms with Crippen LogP contribution in [0, 0.1) is 0 Å². The largest absolute Gasteiger partial charge is 0.437 e. The lowest BCUT2D eigenvalue weighted by molar-refractivity contribution is 0.0704. The number of benzene rings is 1. The summed E-state index contributed by atoms with van der Waals surface area (Å²) in [5.74, 6) is 1.65. The second-order valence-corrected chi connectivity index (χ2v) is 8.19. The summed E-state index contributed by atoms with van der Waals surface area (Å²) in [5, 5.41) is 4.75. The Kier molecular flexibility index (Phi) is 5.99. The van der Waals surface area contributed by atoms with Gasteiger partial charge >= 0.3 is 0 Å². The third-order valence-corrected chi connectivity index (χ3v) is 5.77. The van der Waals surface area contributed by atoms with E-state index in [9.17, 15) is 4.79 Å². The van der Waals surface area contributed by atoms with Crippen molar-refractivity contribution in [3.8, 4) is 17.4 Å². The molecule has 1 aliphatic rings. The molecule has 8 nitrogen and oxygen atoms in total. The Balaban J connectivity index is 1.32. The van der Waals surface area contributed by atoms with E-state index in [0.717, 1.165) is 18.5 Å². The zero-order valence-electron chi connectivity index (χ0n) is 17.7. The van der Waals surface area contributed by atoms with Crippen molar-refractivity contribution in [2.24, 2.45) is 0 Å². The van der Waals surface area contributed by atoms with Crippen LogP contribution in [0.15, 0.2) is 73.4 Å². The number of piperidine rings is 1. The maximum Gasteiger partial charge on any atom is 0.255 e. The summed E-state index contributed by atoms with van der Waals surface area (Å²) >= 11 is 6.08. The third-order valence-electron chi connectivity index (χ3n) is 5.53. The van der Waals surface area contributed by atoms with Crippen LogP contribution in [0.4, 0.5) is 0 Å². The molecule has 0 unspecified atom stereocenters. The van der Waals surface area contributed by atoms with Crippen LogP contribution in [0.2, 0.25) is 5.02 Å². The van der Waals surface area contributed by atoms with Gasteiger partial charge in [0.25, 0.3) is 5.91 Å². The molecule has 0 spiro atoms. The Hall–Kier alpha value is -3.78. The first-order valence-electron chi connectivity index (χ1n) is 10.7. The summed E-state index contributed by atoms with van der Waals surface area (Å²) in [6, 6.07) is 12.6. The molecule has 4 heterocycles. The van der Waals surface area contributed by atoms with Crippen molar-refractivity contribution >= 4 is 17.5 Å². The van der Waals surface area contributed by atoms with Gasteiger partial charge in [0.05, 0.1) is 5.56 Å². The van der Waals surface area contributed by atoms with Crippen LogP contribution in [0.25, 0.3) is 5.82 Å². The molecule has 3 aromatic heterocycles. The zero-order chi connectivity index (χ0) is 22.6. The lowest BCUT2D eigenvalue weighted by Gasteiger charge is -2.32. The van der Waals surface area contributed by atoms with Gasteiger partial charge in [0.2, 0.25) is 5.88 Å². The first-order valence-corrected chi connectivity index (χ1v) is 11.0. The summed E-state index contributed by atoms with van der Waals surface area (Å²) in [6.07, 6.45) is 10.1. The number of rotatable bonds is 5. The molecule has 1 fully saturated rings. The minimum Gasteiger partial charge on any atom is -0.437 e. The maximum atomic E-state index is 13.2. The lowest BCUT2D eigenvalue weighted by Crippen LogP contribution is -2.39. The Morgan fingerprint density at radius 3 is 2.76 bits per heavy atom. The predicted molar refractivity (Wildman–Crippen MR) is 123 cm³/mol. The van der Waals surface area contributed by atoms with E-state index in [1.807, 2.05) is 29.3 Å². The van der Waals surface area contributed by atoms with E-state index < -0.39 is 0 Å². The molecule has 1 aliphatic heterocycles. The molecule has 0 N–H and O–H groups in total. The SMILES string of the molecule is O=C(c1ccc(-n2cccn2)nc1)N1CCC[C@@H](c2nccnc2Oc2cccc(Cl)c2)C1. The molecule has 5 rings (SSSR count). The van der Waals surface area contributed by atoms with Gasteiger partial charge in [-0.25, -0.2) is 14.6 Å². The number of carbonyl (C=O) groups excluding carboxylic acids is 1. The highest BCUT2D eigenvalue weighted by Crippen LogP contribution is 2.33. The van der Waals surface area contributed by atoms with Crippen LogP contribution >= 0.6 is 11.6 Å². The molecule has 1 amide bonds. The quantitative estimate of drug-likeness (QED) is 0.435. The van der Waals surface area contributed by atoms with E-state index in [4.69, 9.17) is 16.3 Å². The summed E-state index contributed by atoms with van der Waals surface area (Å²) in [7, 11) is 0. The number of ether oxygens (including phenoxy) is 1. The smallest absolute Gasteiger partial charge is 0.255 e. The Morgan fingerprint density at radius 2 is 1.97 bits per heavy atom. The van der Waals surface area contributed by atoms with Crippen LogP contribution in [0.5, 0.6) is 11.6 Å². The van der Waals surface area contributed by atoms with Gasteiger partial charge in [0, 0.05) is 55.0 Å². The normalized spacial score (nSPS) is 15.9. The highest BCUT2D eigenvalue weighted by Gasteiger charge is 2.29. The first kappa shape index (κ1) is 21.1. The molecule has 1 aromatic carbocycles. The number of amides is 1. The fraction of sp³-hybridized carbons (Fsp3) is 0.208. The third kappa shape index (κ3) is 4.70. The fourth-order valence-electron chi connectivity index (χ4n) is 3.96. The van der Waals surface area contributed by atoms with Gasteiger partial charge in [-0.3, -0.25) is 9.78 Å². The molecule has 0 aliphatic carbocycles. The van der Waals surface area contributed by atoms with Crippen LogP contribution in [-0.2, 0) is 0 Å². The molecule has 9 heteroatoms. The van der Waals surface area contributed by atoms with Gasteiger partial charge in [-0.05, 0) is 49.2 Å². The maximum absolute atomic E-state index is 13.2.